The Labute approximate surface area is 299 Å². The number of benzene rings is 1. The Bertz CT molecular complexity index is 1870. The molecule has 0 heterocycles. The number of fused-ring (bicyclic) bond motifs is 2. The number of aryl methyl sites for hydroxylation is 2. The summed E-state index contributed by atoms with van der Waals surface area (Å²) in [5.74, 6) is 0.256. The van der Waals surface area contributed by atoms with E-state index >= 15 is 0 Å². The fourth-order valence-electron chi connectivity index (χ4n) is 6.27. The largest absolute Gasteiger partial charge is 0.103 e. The third kappa shape index (κ3) is 10.3. The first kappa shape index (κ1) is 40.2. The lowest BCUT2D eigenvalue weighted by atomic mass is 9.66. The number of allylic oxidation sites excluding steroid dienone is 20. The van der Waals surface area contributed by atoms with E-state index in [1.165, 1.54) is 22.3 Å². The molecule has 2 aromatic rings. The standard InChI is InChI=1S/C46H48.C2H6.CH4/c1-10-12-17-39(28-22-33(3)16-11-2)45-38(8)25-21-34(4)23-29-40(42-18-13-14-19-43(42)45)36(6)26-27-37(7)41-20-15-31-46(9)32-35(5)24-30-44(41)46;1-2;/h10-11,13-32,44H,1,3,6-7,12H2,2,4-5,8-9H3;1-2H3;1H4/b16-11-,25-21?,27-26-,28-22-,29-23?,34-21?,34-23?,38-25?,39-17+,40-29?,42-40?,45-38?,45-43?;;. The van der Waals surface area contributed by atoms with Crippen molar-refractivity contribution in [2.24, 2.45) is 11.3 Å². The molecule has 2 aromatic carbocycles. The average molecular weight is 647 g/mol. The Morgan fingerprint density at radius 3 is 2.20 bits per heavy atom. The van der Waals surface area contributed by atoms with Crippen LogP contribution in [0.4, 0.5) is 0 Å². The van der Waals surface area contributed by atoms with E-state index in [0.717, 1.165) is 50.6 Å². The molecule has 0 aliphatic heterocycles. The van der Waals surface area contributed by atoms with Crippen LogP contribution in [0.15, 0.2) is 182 Å². The summed E-state index contributed by atoms with van der Waals surface area (Å²) in [6, 6.07) is 17.4. The van der Waals surface area contributed by atoms with Crippen molar-refractivity contribution in [3.05, 3.63) is 204 Å². The highest BCUT2D eigenvalue weighted by Crippen LogP contribution is 2.45. The molecule has 0 saturated heterocycles. The topological polar surface area (TPSA) is 0 Å². The molecule has 0 saturated carbocycles. The summed E-state index contributed by atoms with van der Waals surface area (Å²) in [4.78, 5) is 0. The van der Waals surface area contributed by atoms with Crippen LogP contribution >= 0.6 is 0 Å². The van der Waals surface area contributed by atoms with Crippen LogP contribution in [-0.4, -0.2) is 0 Å². The van der Waals surface area contributed by atoms with E-state index in [9.17, 15) is 0 Å². The van der Waals surface area contributed by atoms with Crippen LogP contribution in [0.3, 0.4) is 0 Å². The molecule has 0 aromatic heterocycles. The van der Waals surface area contributed by atoms with E-state index in [0.29, 0.717) is 0 Å². The fraction of sp³-hybridized carbons (Fsp3) is 0.224. The van der Waals surface area contributed by atoms with Crippen molar-refractivity contribution in [1.29, 1.82) is 0 Å². The third-order valence-corrected chi connectivity index (χ3v) is 8.67. The summed E-state index contributed by atoms with van der Waals surface area (Å²) >= 11 is 0. The van der Waals surface area contributed by atoms with Gasteiger partial charge in [0.1, 0.15) is 0 Å². The lowest BCUT2D eigenvalue weighted by Crippen LogP contribution is -2.28. The second-order valence-electron chi connectivity index (χ2n) is 12.5. The summed E-state index contributed by atoms with van der Waals surface area (Å²) in [6.45, 7) is 32.1. The van der Waals surface area contributed by atoms with Crippen LogP contribution in [0.2, 0.25) is 0 Å². The number of hydrogen-bond donors (Lipinski definition) is 0. The highest BCUT2D eigenvalue weighted by atomic mass is 14.4. The lowest BCUT2D eigenvalue weighted by molar-refractivity contribution is 0.434. The molecule has 0 heteroatoms. The molecule has 0 amide bonds. The van der Waals surface area contributed by atoms with Gasteiger partial charge in [-0.25, -0.2) is 0 Å². The molecule has 2 unspecified atom stereocenters. The van der Waals surface area contributed by atoms with Crippen molar-refractivity contribution in [3.8, 4) is 0 Å². The van der Waals surface area contributed by atoms with Gasteiger partial charge in [0.15, 0.2) is 0 Å². The Hall–Kier alpha value is -4.94. The molecule has 0 nitrogen and oxygen atoms in total. The van der Waals surface area contributed by atoms with Gasteiger partial charge in [-0.1, -0.05) is 193 Å². The molecule has 49 heavy (non-hydrogen) atoms. The Morgan fingerprint density at radius 2 is 1.51 bits per heavy atom. The van der Waals surface area contributed by atoms with Gasteiger partial charge in [0.2, 0.25) is 0 Å². The van der Waals surface area contributed by atoms with Gasteiger partial charge in [-0.3, -0.25) is 0 Å². The maximum Gasteiger partial charge on any atom is 0.0150 e. The average Bonchev–Trinajstić information content (AvgIpc) is 3.07. The second kappa shape index (κ2) is 19.2. The number of hydrogen-bond acceptors (Lipinski definition) is 0. The van der Waals surface area contributed by atoms with Crippen molar-refractivity contribution in [3.63, 3.8) is 0 Å². The zero-order valence-corrected chi connectivity index (χ0v) is 30.3. The molecular weight excluding hydrogens is 589 g/mol. The third-order valence-electron chi connectivity index (χ3n) is 8.67. The molecule has 4 rings (SSSR count). The minimum absolute atomic E-state index is 0. The normalized spacial score (nSPS) is 18.2. The summed E-state index contributed by atoms with van der Waals surface area (Å²) in [5.41, 5.74) is 11.1. The first-order chi connectivity index (χ1) is 23.1. The molecule has 2 aliphatic rings. The Kier molecular flexibility index (Phi) is 15.7. The van der Waals surface area contributed by atoms with Crippen LogP contribution in [0, 0.1) is 25.2 Å². The van der Waals surface area contributed by atoms with Gasteiger partial charge in [-0.15, -0.1) is 6.58 Å². The molecule has 0 spiro atoms. The molecular formula is C49H58. The first-order valence-corrected chi connectivity index (χ1v) is 17.1. The predicted octanol–water partition coefficient (Wildman–Crippen LogP) is 14.7. The molecule has 2 aliphatic carbocycles. The van der Waals surface area contributed by atoms with E-state index in [2.05, 4.69) is 169 Å². The van der Waals surface area contributed by atoms with Gasteiger partial charge in [-0.05, 0) is 89.4 Å². The van der Waals surface area contributed by atoms with Gasteiger partial charge < -0.3 is 0 Å². The highest BCUT2D eigenvalue weighted by Gasteiger charge is 2.34. The Balaban J connectivity index is 0.00000273. The predicted molar refractivity (Wildman–Crippen MR) is 224 cm³/mol. The lowest BCUT2D eigenvalue weighted by Gasteiger charge is -2.38. The maximum absolute atomic E-state index is 4.59. The van der Waals surface area contributed by atoms with Gasteiger partial charge in [-0.2, -0.15) is 0 Å². The van der Waals surface area contributed by atoms with Gasteiger partial charge in [0.05, 0.1) is 0 Å². The minimum Gasteiger partial charge on any atom is -0.103 e. The zero-order chi connectivity index (χ0) is 35.3. The quantitative estimate of drug-likeness (QED) is 0.178. The van der Waals surface area contributed by atoms with Crippen molar-refractivity contribution in [1.82, 2.24) is 0 Å². The van der Waals surface area contributed by atoms with Gasteiger partial charge in [0.25, 0.3) is 0 Å². The second-order valence-corrected chi connectivity index (χ2v) is 12.5. The molecule has 0 fully saturated rings. The van der Waals surface area contributed by atoms with E-state index in [1.807, 2.05) is 39.0 Å². The van der Waals surface area contributed by atoms with Crippen molar-refractivity contribution in [2.45, 2.75) is 62.3 Å². The molecule has 0 N–H and O–H groups in total. The van der Waals surface area contributed by atoms with E-state index in [-0.39, 0.29) is 18.8 Å². The monoisotopic (exact) mass is 646 g/mol. The molecule has 0 bridgehead atoms. The highest BCUT2D eigenvalue weighted by molar-refractivity contribution is 6.02. The summed E-state index contributed by atoms with van der Waals surface area (Å²) in [6.07, 6.45) is 31.0. The number of rotatable bonds is 10. The minimum atomic E-state index is -0.0463. The van der Waals surface area contributed by atoms with Crippen LogP contribution in [0.25, 0.3) is 21.9 Å². The SMILES string of the molecule is C.C=CC/C=C(\C=C/C(=C)/C=C\C)c1c(C)ccc(C)ccc(C(=C)/C=C\C(=C)C2=CC=CC3(C)C=C(C)C=CC23)c2ccccc12.CC. The smallest absolute Gasteiger partial charge is 0.0150 e. The molecule has 254 valence electrons. The molecule has 0 radical (unpaired) electrons. The van der Waals surface area contributed by atoms with E-state index < -0.39 is 0 Å². The summed E-state index contributed by atoms with van der Waals surface area (Å²) < 4.78 is 0. The van der Waals surface area contributed by atoms with Crippen LogP contribution in [0.5, 0.6) is 0 Å². The fourth-order valence-corrected chi connectivity index (χ4v) is 6.27. The van der Waals surface area contributed by atoms with E-state index in [4.69, 9.17) is 0 Å². The first-order valence-electron chi connectivity index (χ1n) is 17.1. The maximum atomic E-state index is 4.59. The molecule has 2 atom stereocenters. The summed E-state index contributed by atoms with van der Waals surface area (Å²) in [5, 5.41) is 2.28. The van der Waals surface area contributed by atoms with Crippen LogP contribution < -0.4 is 0 Å². The summed E-state index contributed by atoms with van der Waals surface area (Å²) in [7, 11) is 0. The van der Waals surface area contributed by atoms with Gasteiger partial charge >= 0.3 is 0 Å². The van der Waals surface area contributed by atoms with Crippen LogP contribution in [0.1, 0.15) is 70.7 Å². The van der Waals surface area contributed by atoms with E-state index in [1.54, 1.807) is 0 Å². The van der Waals surface area contributed by atoms with Crippen molar-refractivity contribution < 1.29 is 0 Å². The van der Waals surface area contributed by atoms with Gasteiger partial charge in [0, 0.05) is 11.3 Å². The van der Waals surface area contributed by atoms with Crippen molar-refractivity contribution in [2.75, 3.05) is 0 Å². The van der Waals surface area contributed by atoms with Crippen LogP contribution in [-0.2, 0) is 0 Å². The Morgan fingerprint density at radius 1 is 0.837 bits per heavy atom. The van der Waals surface area contributed by atoms with Crippen molar-refractivity contribution >= 4 is 21.9 Å². The zero-order valence-electron chi connectivity index (χ0n) is 30.3.